The van der Waals surface area contributed by atoms with Gasteiger partial charge in [-0.3, -0.25) is 14.5 Å². The van der Waals surface area contributed by atoms with E-state index in [1.54, 1.807) is 61.5 Å². The molecule has 4 rings (SSSR count). The van der Waals surface area contributed by atoms with Crippen LogP contribution in [0, 0.1) is 13.8 Å². The number of halogens is 1. The molecule has 1 unspecified atom stereocenters. The van der Waals surface area contributed by atoms with E-state index in [2.05, 4.69) is 0 Å². The second kappa shape index (κ2) is 9.16. The van der Waals surface area contributed by atoms with Gasteiger partial charge in [-0.1, -0.05) is 18.5 Å². The zero-order chi connectivity index (χ0) is 23.7. The molecule has 1 N–H and O–H groups in total. The molecule has 1 amide bonds. The second-order valence-corrected chi connectivity index (χ2v) is 8.36. The third kappa shape index (κ3) is 4.26. The molecule has 0 radical (unpaired) electrons. The van der Waals surface area contributed by atoms with Crippen molar-refractivity contribution in [1.29, 1.82) is 0 Å². The number of Topliss-reactive ketones (excluding diaryl/α,β-unsaturated/α-hetero) is 1. The predicted octanol–water partition coefficient (Wildman–Crippen LogP) is 5.96. The van der Waals surface area contributed by atoms with E-state index >= 15 is 0 Å². The van der Waals surface area contributed by atoms with E-state index in [1.807, 2.05) is 13.8 Å². The Labute approximate surface area is 197 Å². The molecule has 0 saturated carbocycles. The first kappa shape index (κ1) is 22.7. The fourth-order valence-corrected chi connectivity index (χ4v) is 4.02. The van der Waals surface area contributed by atoms with E-state index in [-0.39, 0.29) is 11.3 Å². The van der Waals surface area contributed by atoms with E-state index in [0.717, 1.165) is 12.0 Å². The lowest BCUT2D eigenvalue weighted by molar-refractivity contribution is -0.132. The summed E-state index contributed by atoms with van der Waals surface area (Å²) in [5.74, 6) is -0.104. The van der Waals surface area contributed by atoms with Crippen LogP contribution in [0.15, 0.2) is 64.6 Å². The number of aryl methyl sites for hydroxylation is 2. The van der Waals surface area contributed by atoms with Crippen molar-refractivity contribution in [3.63, 3.8) is 0 Å². The third-order valence-corrected chi connectivity index (χ3v) is 5.74. The number of ketones is 1. The Bertz CT molecular complexity index is 1240. The van der Waals surface area contributed by atoms with Crippen LogP contribution < -0.4 is 9.64 Å². The van der Waals surface area contributed by atoms with Gasteiger partial charge in [-0.05, 0) is 80.4 Å². The largest absolute Gasteiger partial charge is 0.507 e. The van der Waals surface area contributed by atoms with Gasteiger partial charge in [-0.25, -0.2) is 0 Å². The van der Waals surface area contributed by atoms with Crippen LogP contribution in [0.4, 0.5) is 5.69 Å². The highest BCUT2D eigenvalue weighted by Crippen LogP contribution is 2.43. The molecule has 7 heteroatoms. The molecule has 2 aromatic carbocycles. The quantitative estimate of drug-likeness (QED) is 0.276. The molecule has 0 aliphatic carbocycles. The minimum atomic E-state index is -0.920. The summed E-state index contributed by atoms with van der Waals surface area (Å²) in [4.78, 5) is 27.6. The molecule has 6 nitrogen and oxygen atoms in total. The number of hydrogen-bond acceptors (Lipinski definition) is 5. The Kier molecular flexibility index (Phi) is 6.29. The van der Waals surface area contributed by atoms with Gasteiger partial charge < -0.3 is 14.3 Å². The third-order valence-electron chi connectivity index (χ3n) is 5.49. The Morgan fingerprint density at radius 3 is 2.42 bits per heavy atom. The van der Waals surface area contributed by atoms with Crippen LogP contribution in [0.2, 0.25) is 5.02 Å². The van der Waals surface area contributed by atoms with Gasteiger partial charge in [0.05, 0.1) is 12.2 Å². The predicted molar refractivity (Wildman–Crippen MR) is 127 cm³/mol. The molecular formula is C26H24ClNO5. The van der Waals surface area contributed by atoms with E-state index in [0.29, 0.717) is 40.2 Å². The number of aliphatic hydroxyl groups excluding tert-OH is 1. The Balaban J connectivity index is 1.85. The Morgan fingerprint density at radius 1 is 1.09 bits per heavy atom. The minimum Gasteiger partial charge on any atom is -0.507 e. The molecule has 1 aromatic heterocycles. The first-order valence-corrected chi connectivity index (χ1v) is 11.1. The molecule has 1 atom stereocenters. The van der Waals surface area contributed by atoms with Crippen LogP contribution in [-0.2, 0) is 9.59 Å². The lowest BCUT2D eigenvalue weighted by atomic mass is 9.98. The summed E-state index contributed by atoms with van der Waals surface area (Å²) < 4.78 is 11.5. The van der Waals surface area contributed by atoms with Gasteiger partial charge >= 0.3 is 0 Å². The topological polar surface area (TPSA) is 80.0 Å². The number of anilines is 1. The lowest BCUT2D eigenvalue weighted by Crippen LogP contribution is -2.29. The van der Waals surface area contributed by atoms with Crippen LogP contribution in [-0.4, -0.2) is 23.4 Å². The number of hydrogen-bond donors (Lipinski definition) is 1. The minimum absolute atomic E-state index is 0.0362. The molecule has 0 bridgehead atoms. The van der Waals surface area contributed by atoms with Crippen LogP contribution in [0.5, 0.6) is 5.75 Å². The maximum atomic E-state index is 13.2. The fourth-order valence-electron chi connectivity index (χ4n) is 3.90. The fraction of sp³-hybridized carbons (Fsp3) is 0.231. The number of nitrogens with zero attached hydrogens (tertiary/aromatic N) is 1. The van der Waals surface area contributed by atoms with Gasteiger partial charge in [0, 0.05) is 16.3 Å². The van der Waals surface area contributed by atoms with E-state index in [9.17, 15) is 14.7 Å². The molecule has 0 spiro atoms. The maximum Gasteiger partial charge on any atom is 0.300 e. The normalized spacial score (nSPS) is 17.6. The molecular weight excluding hydrogens is 442 g/mol. The molecule has 3 aromatic rings. The van der Waals surface area contributed by atoms with E-state index in [4.69, 9.17) is 20.8 Å². The summed E-state index contributed by atoms with van der Waals surface area (Å²) in [6, 6.07) is 14.3. The van der Waals surface area contributed by atoms with Gasteiger partial charge in [0.25, 0.3) is 11.7 Å². The standard InChI is InChI=1S/C26H24ClNO5/c1-4-13-32-20-12-6-17(14-15(20)2)24(29)22-23(21-11-5-16(3)33-21)28(26(31)25(22)30)19-9-7-18(27)8-10-19/h5-12,14,23,29H,4,13H2,1-3H3/b24-22-. The van der Waals surface area contributed by atoms with Crippen molar-refractivity contribution in [3.8, 4) is 5.75 Å². The zero-order valence-corrected chi connectivity index (χ0v) is 19.3. The van der Waals surface area contributed by atoms with Crippen LogP contribution in [0.3, 0.4) is 0 Å². The highest BCUT2D eigenvalue weighted by atomic mass is 35.5. The van der Waals surface area contributed by atoms with Crippen molar-refractivity contribution in [3.05, 3.63) is 87.8 Å². The Hall–Kier alpha value is -3.51. The average molecular weight is 466 g/mol. The highest BCUT2D eigenvalue weighted by molar-refractivity contribution is 6.51. The molecule has 33 heavy (non-hydrogen) atoms. The second-order valence-electron chi connectivity index (χ2n) is 7.92. The Morgan fingerprint density at radius 2 is 1.82 bits per heavy atom. The summed E-state index contributed by atoms with van der Waals surface area (Å²) in [6.45, 7) is 6.24. The van der Waals surface area contributed by atoms with Crippen molar-refractivity contribution in [2.24, 2.45) is 0 Å². The number of furan rings is 1. The van der Waals surface area contributed by atoms with Crippen LogP contribution in [0.1, 0.15) is 42.0 Å². The van der Waals surface area contributed by atoms with Crippen LogP contribution >= 0.6 is 11.6 Å². The number of carbonyl (C=O) groups excluding carboxylic acids is 2. The number of aliphatic hydroxyl groups is 1. The molecule has 2 heterocycles. The van der Waals surface area contributed by atoms with E-state index < -0.39 is 17.7 Å². The van der Waals surface area contributed by atoms with Crippen molar-refractivity contribution >= 4 is 34.7 Å². The molecule has 1 aliphatic rings. The monoisotopic (exact) mass is 465 g/mol. The van der Waals surface area contributed by atoms with Crippen molar-refractivity contribution < 1.29 is 23.8 Å². The maximum absolute atomic E-state index is 13.2. The zero-order valence-electron chi connectivity index (χ0n) is 18.6. The van der Waals surface area contributed by atoms with Gasteiger partial charge in [0.15, 0.2) is 0 Å². The number of amides is 1. The first-order valence-electron chi connectivity index (χ1n) is 10.7. The van der Waals surface area contributed by atoms with Crippen molar-refractivity contribution in [1.82, 2.24) is 0 Å². The summed E-state index contributed by atoms with van der Waals surface area (Å²) in [6.07, 6.45) is 0.873. The lowest BCUT2D eigenvalue weighted by Gasteiger charge is -2.23. The van der Waals surface area contributed by atoms with Gasteiger partial charge in [0.1, 0.15) is 29.1 Å². The molecule has 1 saturated heterocycles. The van der Waals surface area contributed by atoms with E-state index in [1.165, 1.54) is 4.90 Å². The number of rotatable bonds is 6. The number of ether oxygens (including phenoxy) is 1. The van der Waals surface area contributed by atoms with Crippen LogP contribution in [0.25, 0.3) is 5.76 Å². The molecule has 1 fully saturated rings. The van der Waals surface area contributed by atoms with Crippen molar-refractivity contribution in [2.75, 3.05) is 11.5 Å². The number of carbonyl (C=O) groups is 2. The summed E-state index contributed by atoms with van der Waals surface area (Å²) >= 11 is 6.01. The van der Waals surface area contributed by atoms with Crippen molar-refractivity contribution in [2.45, 2.75) is 33.2 Å². The summed E-state index contributed by atoms with van der Waals surface area (Å²) in [7, 11) is 0. The summed E-state index contributed by atoms with van der Waals surface area (Å²) in [5.41, 5.74) is 1.66. The average Bonchev–Trinajstić information content (AvgIpc) is 3.34. The highest BCUT2D eigenvalue weighted by Gasteiger charge is 2.48. The number of benzene rings is 2. The molecule has 170 valence electrons. The van der Waals surface area contributed by atoms with Gasteiger partial charge in [-0.2, -0.15) is 0 Å². The smallest absolute Gasteiger partial charge is 0.300 e. The van der Waals surface area contributed by atoms with Gasteiger partial charge in [0.2, 0.25) is 0 Å². The summed E-state index contributed by atoms with van der Waals surface area (Å²) in [5, 5.41) is 11.7. The SMILES string of the molecule is CCCOc1ccc(/C(O)=C2/C(=O)C(=O)N(c3ccc(Cl)cc3)C2c2ccc(C)o2)cc1C. The van der Waals surface area contributed by atoms with Gasteiger partial charge in [-0.15, -0.1) is 0 Å². The molecule has 1 aliphatic heterocycles. The first-order chi connectivity index (χ1) is 15.8.